The maximum absolute atomic E-state index is 12.1. The second kappa shape index (κ2) is 5.62. The number of rotatable bonds is 5. The highest BCUT2D eigenvalue weighted by Crippen LogP contribution is 2.29. The average molecular weight is 279 g/mol. The van der Waals surface area contributed by atoms with Crippen LogP contribution in [0.3, 0.4) is 0 Å². The lowest BCUT2D eigenvalue weighted by atomic mass is 10.0. The van der Waals surface area contributed by atoms with Crippen molar-refractivity contribution in [1.82, 2.24) is 0 Å². The van der Waals surface area contributed by atoms with Gasteiger partial charge >= 0.3 is 0 Å². The summed E-state index contributed by atoms with van der Waals surface area (Å²) in [5.74, 6) is 0.178. The third-order valence-corrected chi connectivity index (χ3v) is 3.21. The van der Waals surface area contributed by atoms with Crippen LogP contribution >= 0.6 is 0 Å². The van der Waals surface area contributed by atoms with E-state index in [-0.39, 0.29) is 16.6 Å². The van der Waals surface area contributed by atoms with Crippen molar-refractivity contribution >= 4 is 10.0 Å². The summed E-state index contributed by atoms with van der Waals surface area (Å²) in [5, 5.41) is 5.01. The molecule has 1 aromatic carbocycles. The van der Waals surface area contributed by atoms with Crippen molar-refractivity contribution < 1.29 is 21.9 Å². The van der Waals surface area contributed by atoms with Crippen molar-refractivity contribution in [2.45, 2.75) is 31.1 Å². The molecular weight excluding hydrogens is 264 g/mol. The number of benzene rings is 1. The Bertz CT molecular complexity index is 515. The molecule has 0 bridgehead atoms. The first-order chi connectivity index (χ1) is 8.21. The molecule has 18 heavy (non-hydrogen) atoms. The molecule has 0 unspecified atom stereocenters. The zero-order valence-corrected chi connectivity index (χ0v) is 10.9. The smallest absolute Gasteiger partial charge is 0.272 e. The van der Waals surface area contributed by atoms with Gasteiger partial charge in [-0.15, -0.1) is 0 Å². The molecular formula is C11H15F2NO3S. The van der Waals surface area contributed by atoms with E-state index in [1.54, 1.807) is 13.8 Å². The van der Waals surface area contributed by atoms with Gasteiger partial charge in [0.2, 0.25) is 10.0 Å². The first-order valence-electron chi connectivity index (χ1n) is 5.29. The highest BCUT2D eigenvalue weighted by molar-refractivity contribution is 7.89. The SMILES string of the molecule is CC(C)c1cc(S(N)(=O)=O)ccc1OCC(F)F. The average Bonchev–Trinajstić information content (AvgIpc) is 2.24. The van der Waals surface area contributed by atoms with Crippen molar-refractivity contribution in [2.24, 2.45) is 5.14 Å². The van der Waals surface area contributed by atoms with Gasteiger partial charge in [-0.25, -0.2) is 22.3 Å². The van der Waals surface area contributed by atoms with Crippen LogP contribution in [0.25, 0.3) is 0 Å². The predicted molar refractivity (Wildman–Crippen MR) is 63.4 cm³/mol. The van der Waals surface area contributed by atoms with E-state index in [2.05, 4.69) is 0 Å². The molecule has 0 spiro atoms. The molecule has 1 rings (SSSR count). The third-order valence-electron chi connectivity index (χ3n) is 2.30. The van der Waals surface area contributed by atoms with Crippen LogP contribution in [0.4, 0.5) is 8.78 Å². The first-order valence-corrected chi connectivity index (χ1v) is 6.84. The van der Waals surface area contributed by atoms with Gasteiger partial charge in [0.15, 0.2) is 0 Å². The van der Waals surface area contributed by atoms with Gasteiger partial charge in [0.25, 0.3) is 6.43 Å². The van der Waals surface area contributed by atoms with E-state index in [9.17, 15) is 17.2 Å². The number of halogens is 2. The van der Waals surface area contributed by atoms with Crippen LogP contribution in [-0.4, -0.2) is 21.5 Å². The fourth-order valence-corrected chi connectivity index (χ4v) is 1.99. The van der Waals surface area contributed by atoms with Crippen LogP contribution in [0.1, 0.15) is 25.3 Å². The number of nitrogens with two attached hydrogens (primary N) is 1. The largest absolute Gasteiger partial charge is 0.487 e. The number of sulfonamides is 1. The van der Waals surface area contributed by atoms with Crippen LogP contribution in [0.2, 0.25) is 0 Å². The summed E-state index contributed by atoms with van der Waals surface area (Å²) >= 11 is 0. The Morgan fingerprint density at radius 3 is 2.39 bits per heavy atom. The van der Waals surface area contributed by atoms with Crippen LogP contribution in [0.15, 0.2) is 23.1 Å². The molecule has 0 fully saturated rings. The third kappa shape index (κ3) is 3.92. The predicted octanol–water partition coefficient (Wildman–Crippen LogP) is 2.10. The van der Waals surface area contributed by atoms with Crippen LogP contribution in [0.5, 0.6) is 5.75 Å². The molecule has 0 aliphatic rings. The second-order valence-corrected chi connectivity index (χ2v) is 5.66. The van der Waals surface area contributed by atoms with E-state index in [4.69, 9.17) is 9.88 Å². The lowest BCUT2D eigenvalue weighted by Crippen LogP contribution is -2.14. The Labute approximate surface area is 105 Å². The molecule has 0 atom stereocenters. The molecule has 7 heteroatoms. The fourth-order valence-electron chi connectivity index (χ4n) is 1.44. The fraction of sp³-hybridized carbons (Fsp3) is 0.455. The maximum Gasteiger partial charge on any atom is 0.272 e. The summed E-state index contributed by atoms with van der Waals surface area (Å²) in [6, 6.07) is 3.93. The van der Waals surface area contributed by atoms with Crippen molar-refractivity contribution in [3.8, 4) is 5.75 Å². The summed E-state index contributed by atoms with van der Waals surface area (Å²) in [6.07, 6.45) is -2.58. The summed E-state index contributed by atoms with van der Waals surface area (Å²) in [7, 11) is -3.81. The van der Waals surface area contributed by atoms with Crippen molar-refractivity contribution in [2.75, 3.05) is 6.61 Å². The van der Waals surface area contributed by atoms with Crippen molar-refractivity contribution in [3.63, 3.8) is 0 Å². The van der Waals surface area contributed by atoms with Crippen LogP contribution in [-0.2, 0) is 10.0 Å². The van der Waals surface area contributed by atoms with E-state index >= 15 is 0 Å². The van der Waals surface area contributed by atoms with Crippen molar-refractivity contribution in [1.29, 1.82) is 0 Å². The van der Waals surface area contributed by atoms with E-state index < -0.39 is 23.1 Å². The topological polar surface area (TPSA) is 69.4 Å². The van der Waals surface area contributed by atoms with Gasteiger partial charge in [0, 0.05) is 0 Å². The second-order valence-electron chi connectivity index (χ2n) is 4.10. The molecule has 0 aliphatic carbocycles. The van der Waals surface area contributed by atoms with Gasteiger partial charge in [0.05, 0.1) is 4.90 Å². The van der Waals surface area contributed by atoms with E-state index in [0.717, 1.165) is 0 Å². The number of hydrogen-bond acceptors (Lipinski definition) is 3. The summed E-state index contributed by atoms with van der Waals surface area (Å²) < 4.78 is 51.5. The molecule has 0 heterocycles. The molecule has 0 aromatic heterocycles. The number of hydrogen-bond donors (Lipinski definition) is 1. The highest BCUT2D eigenvalue weighted by Gasteiger charge is 2.15. The minimum atomic E-state index is -3.81. The Morgan fingerprint density at radius 1 is 1.33 bits per heavy atom. The van der Waals surface area contributed by atoms with E-state index in [0.29, 0.717) is 5.56 Å². The molecule has 0 saturated heterocycles. The van der Waals surface area contributed by atoms with Crippen molar-refractivity contribution in [3.05, 3.63) is 23.8 Å². The summed E-state index contributed by atoms with van der Waals surface area (Å²) in [4.78, 5) is -0.0596. The molecule has 0 aliphatic heterocycles. The van der Waals surface area contributed by atoms with Gasteiger partial charge in [-0.1, -0.05) is 13.8 Å². The lowest BCUT2D eigenvalue weighted by Gasteiger charge is -2.14. The monoisotopic (exact) mass is 279 g/mol. The standard InChI is InChI=1S/C11H15F2NO3S/c1-7(2)9-5-8(18(14,15)16)3-4-10(9)17-6-11(12)13/h3-5,7,11H,6H2,1-2H3,(H2,14,15,16). The molecule has 2 N–H and O–H groups in total. The Kier molecular flexibility index (Phi) is 4.64. The van der Waals surface area contributed by atoms with Gasteiger partial charge < -0.3 is 4.74 Å². The molecule has 102 valence electrons. The number of ether oxygens (including phenoxy) is 1. The minimum Gasteiger partial charge on any atom is -0.487 e. The zero-order chi connectivity index (χ0) is 13.9. The normalized spacial score (nSPS) is 12.2. The number of primary sulfonamides is 1. The van der Waals surface area contributed by atoms with Gasteiger partial charge in [-0.05, 0) is 29.7 Å². The first kappa shape index (κ1) is 14.8. The summed E-state index contributed by atoms with van der Waals surface area (Å²) in [6.45, 7) is 2.88. The molecule has 4 nitrogen and oxygen atoms in total. The molecule has 0 saturated carbocycles. The summed E-state index contributed by atoms with van der Waals surface area (Å²) in [5.41, 5.74) is 0.530. The number of alkyl halides is 2. The maximum atomic E-state index is 12.1. The Balaban J connectivity index is 3.13. The lowest BCUT2D eigenvalue weighted by molar-refractivity contribution is 0.0812. The minimum absolute atomic E-state index is 0.0596. The van der Waals surface area contributed by atoms with Gasteiger partial charge in [0.1, 0.15) is 12.4 Å². The van der Waals surface area contributed by atoms with Crippen LogP contribution < -0.4 is 9.88 Å². The zero-order valence-electron chi connectivity index (χ0n) is 10.1. The molecule has 0 amide bonds. The Morgan fingerprint density at radius 2 is 1.94 bits per heavy atom. The molecule has 1 aromatic rings. The van der Waals surface area contributed by atoms with Gasteiger partial charge in [-0.2, -0.15) is 0 Å². The quantitative estimate of drug-likeness (QED) is 0.897. The van der Waals surface area contributed by atoms with E-state index in [1.807, 2.05) is 0 Å². The van der Waals surface area contributed by atoms with Gasteiger partial charge in [-0.3, -0.25) is 0 Å². The highest BCUT2D eigenvalue weighted by atomic mass is 32.2. The van der Waals surface area contributed by atoms with Crippen LogP contribution in [0, 0.1) is 0 Å². The Hall–Kier alpha value is -1.21. The molecule has 0 radical (unpaired) electrons. The van der Waals surface area contributed by atoms with E-state index in [1.165, 1.54) is 18.2 Å².